The van der Waals surface area contributed by atoms with Crippen LogP contribution >= 0.6 is 46.3 Å². The Hall–Kier alpha value is -3.71. The molecule has 1 amide bonds. The molecule has 14 heteroatoms. The van der Waals surface area contributed by atoms with Crippen LogP contribution in [0.5, 0.6) is 0 Å². The normalized spacial score (nSPS) is 15.3. The number of anilines is 1. The number of Topliss-reactive ketones (excluding diaryl/α,β-unsaturated/α-hetero) is 1. The van der Waals surface area contributed by atoms with Crippen LogP contribution in [-0.4, -0.2) is 31.9 Å². The zero-order valence-corrected chi connectivity index (χ0v) is 23.0. The van der Waals surface area contributed by atoms with Crippen molar-refractivity contribution in [2.75, 3.05) is 4.90 Å². The third kappa shape index (κ3) is 5.28. The van der Waals surface area contributed by atoms with Crippen LogP contribution in [0.4, 0.5) is 10.8 Å². The summed E-state index contributed by atoms with van der Waals surface area (Å²) in [7, 11) is 0. The van der Waals surface area contributed by atoms with Crippen LogP contribution in [-0.2, 0) is 10.5 Å². The van der Waals surface area contributed by atoms with E-state index in [0.717, 1.165) is 21.8 Å². The van der Waals surface area contributed by atoms with Gasteiger partial charge in [0.1, 0.15) is 5.76 Å². The van der Waals surface area contributed by atoms with Gasteiger partial charge in [0, 0.05) is 27.9 Å². The van der Waals surface area contributed by atoms with Crippen LogP contribution in [0.25, 0.3) is 0 Å². The molecule has 1 aliphatic heterocycles. The van der Waals surface area contributed by atoms with Crippen LogP contribution < -0.4 is 4.90 Å². The second-order valence-corrected chi connectivity index (χ2v) is 11.3. The van der Waals surface area contributed by atoms with Crippen molar-refractivity contribution in [1.29, 1.82) is 0 Å². The first-order valence-corrected chi connectivity index (χ1v) is 13.7. The molecule has 39 heavy (non-hydrogen) atoms. The van der Waals surface area contributed by atoms with Crippen LogP contribution in [0.15, 0.2) is 74.7 Å². The van der Waals surface area contributed by atoms with E-state index in [4.69, 9.17) is 27.6 Å². The van der Waals surface area contributed by atoms with Crippen molar-refractivity contribution in [3.63, 3.8) is 0 Å². The third-order valence-corrected chi connectivity index (χ3v) is 8.50. The Morgan fingerprint density at radius 2 is 1.92 bits per heavy atom. The van der Waals surface area contributed by atoms with E-state index in [0.29, 0.717) is 31.5 Å². The number of amides is 1. The number of carbonyl (C=O) groups is 2. The maximum absolute atomic E-state index is 13.4. The zero-order chi connectivity index (χ0) is 27.8. The SMILES string of the molecule is Cc1ccc(C(=O)C2=C(O)C(=O)N(c3nnc(SCc4ccc(Cl)cc4Cl)s3)C2c2ccc([N+](=O)[O-])cc2)o1. The average molecular weight is 603 g/mol. The number of non-ortho nitro benzene ring substituents is 1. The van der Waals surface area contributed by atoms with Gasteiger partial charge in [0.15, 0.2) is 15.9 Å². The van der Waals surface area contributed by atoms with Crippen molar-refractivity contribution in [2.24, 2.45) is 0 Å². The predicted octanol–water partition coefficient (Wildman–Crippen LogP) is 6.73. The van der Waals surface area contributed by atoms with Gasteiger partial charge in [-0.1, -0.05) is 52.4 Å². The molecule has 1 unspecified atom stereocenters. The molecule has 0 aliphatic carbocycles. The molecule has 3 heterocycles. The Balaban J connectivity index is 1.50. The number of hydrogen-bond acceptors (Lipinski definition) is 10. The number of rotatable bonds is 8. The predicted molar refractivity (Wildman–Crippen MR) is 147 cm³/mol. The number of halogens is 2. The van der Waals surface area contributed by atoms with E-state index in [9.17, 15) is 24.8 Å². The lowest BCUT2D eigenvalue weighted by atomic mass is 9.95. The highest BCUT2D eigenvalue weighted by molar-refractivity contribution is 8.00. The van der Waals surface area contributed by atoms with E-state index >= 15 is 0 Å². The third-order valence-electron chi connectivity index (χ3n) is 5.80. The van der Waals surface area contributed by atoms with E-state index in [2.05, 4.69) is 10.2 Å². The average Bonchev–Trinajstić information content (AvgIpc) is 3.62. The molecule has 1 N–H and O–H groups in total. The molecule has 0 saturated heterocycles. The Morgan fingerprint density at radius 1 is 1.18 bits per heavy atom. The Bertz CT molecular complexity index is 1650. The largest absolute Gasteiger partial charge is 0.503 e. The van der Waals surface area contributed by atoms with Crippen LogP contribution in [0.1, 0.15) is 33.5 Å². The molecule has 0 bridgehead atoms. The molecule has 4 aromatic rings. The van der Waals surface area contributed by atoms with Gasteiger partial charge in [-0.15, -0.1) is 10.2 Å². The number of nitro groups is 1. The minimum atomic E-state index is -1.13. The van der Waals surface area contributed by atoms with E-state index in [1.807, 2.05) is 0 Å². The van der Waals surface area contributed by atoms with Gasteiger partial charge in [0.25, 0.3) is 11.6 Å². The lowest BCUT2D eigenvalue weighted by Gasteiger charge is -2.23. The summed E-state index contributed by atoms with van der Waals surface area (Å²) in [6.45, 7) is 1.66. The van der Waals surface area contributed by atoms with E-state index in [1.165, 1.54) is 42.1 Å². The molecule has 0 fully saturated rings. The highest BCUT2D eigenvalue weighted by Crippen LogP contribution is 2.44. The molecule has 0 spiro atoms. The number of nitrogens with zero attached hydrogens (tertiary/aromatic N) is 4. The maximum atomic E-state index is 13.4. The van der Waals surface area contributed by atoms with Gasteiger partial charge >= 0.3 is 0 Å². The number of aryl methyl sites for hydroxylation is 1. The highest BCUT2D eigenvalue weighted by Gasteiger charge is 2.46. The number of aromatic nitrogens is 2. The molecular formula is C25H16Cl2N4O6S2. The molecule has 1 aliphatic rings. The summed E-state index contributed by atoms with van der Waals surface area (Å²) in [5, 5.41) is 31.5. The summed E-state index contributed by atoms with van der Waals surface area (Å²) in [6, 6.07) is 12.4. The van der Waals surface area contributed by atoms with Crippen molar-refractivity contribution in [3.05, 3.63) is 109 Å². The molecule has 198 valence electrons. The summed E-state index contributed by atoms with van der Waals surface area (Å²) >= 11 is 14.6. The van der Waals surface area contributed by atoms with Crippen LogP contribution in [0.3, 0.4) is 0 Å². The fourth-order valence-electron chi connectivity index (χ4n) is 3.95. The van der Waals surface area contributed by atoms with Gasteiger partial charge in [-0.05, 0) is 54.4 Å². The lowest BCUT2D eigenvalue weighted by molar-refractivity contribution is -0.384. The Kier molecular flexibility index (Phi) is 7.45. The van der Waals surface area contributed by atoms with E-state index < -0.39 is 28.4 Å². The smallest absolute Gasteiger partial charge is 0.296 e. The van der Waals surface area contributed by atoms with E-state index in [1.54, 1.807) is 31.2 Å². The van der Waals surface area contributed by atoms with Crippen molar-refractivity contribution < 1.29 is 24.0 Å². The summed E-state index contributed by atoms with van der Waals surface area (Å²) in [4.78, 5) is 38.5. The van der Waals surface area contributed by atoms with Gasteiger partial charge in [-0.25, -0.2) is 0 Å². The molecule has 2 aromatic carbocycles. The van der Waals surface area contributed by atoms with Crippen molar-refractivity contribution in [1.82, 2.24) is 10.2 Å². The van der Waals surface area contributed by atoms with Crippen LogP contribution in [0, 0.1) is 17.0 Å². The topological polar surface area (TPSA) is 140 Å². The van der Waals surface area contributed by atoms with Gasteiger partial charge < -0.3 is 9.52 Å². The lowest BCUT2D eigenvalue weighted by Crippen LogP contribution is -2.31. The summed E-state index contributed by atoms with van der Waals surface area (Å²) in [6.07, 6.45) is 0. The molecular weight excluding hydrogens is 587 g/mol. The number of aliphatic hydroxyl groups is 1. The number of thioether (sulfide) groups is 1. The minimum absolute atomic E-state index is 0.0658. The number of furan rings is 1. The molecule has 0 saturated carbocycles. The second-order valence-electron chi connectivity index (χ2n) is 8.30. The molecule has 5 rings (SSSR count). The number of ketones is 1. The second kappa shape index (κ2) is 10.8. The number of carbonyl (C=O) groups excluding carboxylic acids is 2. The summed E-state index contributed by atoms with van der Waals surface area (Å²) in [5.74, 6) is -1.47. The van der Waals surface area contributed by atoms with Gasteiger partial charge in [0.2, 0.25) is 10.9 Å². The maximum Gasteiger partial charge on any atom is 0.296 e. The minimum Gasteiger partial charge on any atom is -0.503 e. The monoisotopic (exact) mass is 602 g/mol. The van der Waals surface area contributed by atoms with Crippen LogP contribution in [0.2, 0.25) is 10.0 Å². The summed E-state index contributed by atoms with van der Waals surface area (Å²) in [5.41, 5.74) is 0.764. The van der Waals surface area contributed by atoms with E-state index in [-0.39, 0.29) is 22.2 Å². The molecule has 0 radical (unpaired) electrons. The number of aliphatic hydroxyl groups excluding tert-OH is 1. The number of hydrogen-bond donors (Lipinski definition) is 1. The molecule has 10 nitrogen and oxygen atoms in total. The molecule has 2 aromatic heterocycles. The molecule has 1 atom stereocenters. The quantitative estimate of drug-likeness (QED) is 0.0763. The van der Waals surface area contributed by atoms with Crippen molar-refractivity contribution in [2.45, 2.75) is 23.1 Å². The van der Waals surface area contributed by atoms with Crippen molar-refractivity contribution >= 4 is 68.8 Å². The van der Waals surface area contributed by atoms with Gasteiger partial charge in [-0.3, -0.25) is 24.6 Å². The first kappa shape index (κ1) is 26.9. The van der Waals surface area contributed by atoms with Gasteiger partial charge in [-0.2, -0.15) is 0 Å². The first-order valence-electron chi connectivity index (χ1n) is 11.2. The summed E-state index contributed by atoms with van der Waals surface area (Å²) < 4.78 is 5.96. The number of nitro benzene ring substituents is 1. The fraction of sp³-hybridized carbons (Fsp3) is 0.120. The van der Waals surface area contributed by atoms with Gasteiger partial charge in [0.05, 0.1) is 16.5 Å². The van der Waals surface area contributed by atoms with Crippen molar-refractivity contribution in [3.8, 4) is 0 Å². The highest BCUT2D eigenvalue weighted by atomic mass is 35.5. The Morgan fingerprint density at radius 3 is 2.56 bits per heavy atom. The first-order chi connectivity index (χ1) is 18.6. The standard InChI is InChI=1S/C25H16Cl2N4O6S2/c1-12-2-9-18(37-12)21(32)19-20(13-4-7-16(8-5-13)31(35)36)30(23(34)22(19)33)24-28-29-25(39-24)38-11-14-3-6-15(26)10-17(14)27/h2-10,20,33H,11H2,1H3. The number of benzene rings is 2. The Labute approximate surface area is 239 Å². The fourth-order valence-corrected chi connectivity index (χ4v) is 6.38. The zero-order valence-electron chi connectivity index (χ0n) is 19.8.